The average molecular weight is 440 g/mol. The van der Waals surface area contributed by atoms with Crippen molar-refractivity contribution in [2.24, 2.45) is 0 Å². The van der Waals surface area contributed by atoms with Gasteiger partial charge >= 0.3 is 0 Å². The van der Waals surface area contributed by atoms with Crippen LogP contribution in [0.5, 0.6) is 17.2 Å². The van der Waals surface area contributed by atoms with Crippen molar-refractivity contribution in [2.45, 2.75) is 40.0 Å². The van der Waals surface area contributed by atoms with E-state index < -0.39 is 0 Å². The topological polar surface area (TPSA) is 95.7 Å². The smallest absolute Gasteiger partial charge is 0.260 e. The van der Waals surface area contributed by atoms with Crippen LogP contribution in [-0.4, -0.2) is 36.0 Å². The third kappa shape index (κ3) is 5.78. The molecule has 32 heavy (non-hydrogen) atoms. The van der Waals surface area contributed by atoms with E-state index in [0.717, 1.165) is 19.3 Å². The van der Waals surface area contributed by atoms with Crippen molar-refractivity contribution in [1.29, 1.82) is 0 Å². The van der Waals surface area contributed by atoms with Crippen LogP contribution in [0.2, 0.25) is 0 Å². The number of anilines is 1. The van der Waals surface area contributed by atoms with Crippen molar-refractivity contribution < 1.29 is 23.6 Å². The van der Waals surface area contributed by atoms with Crippen molar-refractivity contribution in [3.05, 3.63) is 48.0 Å². The Kier molecular flexibility index (Phi) is 8.48. The molecule has 0 aliphatic heterocycles. The highest BCUT2D eigenvalue weighted by molar-refractivity contribution is 6.07. The van der Waals surface area contributed by atoms with Gasteiger partial charge in [0.25, 0.3) is 5.91 Å². The molecule has 1 heterocycles. The van der Waals surface area contributed by atoms with Gasteiger partial charge in [0.1, 0.15) is 5.75 Å². The molecule has 3 rings (SSSR count). The Hall–Kier alpha value is -3.55. The van der Waals surface area contributed by atoms with Gasteiger partial charge < -0.3 is 19.5 Å². The summed E-state index contributed by atoms with van der Waals surface area (Å²) in [5.74, 6) is 1.63. The lowest BCUT2D eigenvalue weighted by Crippen LogP contribution is -2.14. The molecule has 0 radical (unpaired) electrons. The average Bonchev–Trinajstić information content (AvgIpc) is 3.28. The summed E-state index contributed by atoms with van der Waals surface area (Å²) in [4.78, 5) is 12.9. The molecule has 1 amide bonds. The van der Waals surface area contributed by atoms with Gasteiger partial charge in [-0.1, -0.05) is 32.9 Å². The van der Waals surface area contributed by atoms with Gasteiger partial charge in [-0.15, -0.1) is 0 Å². The number of carbonyl (C=O) groups is 1. The fourth-order valence-electron chi connectivity index (χ4n) is 2.94. The number of carbonyl (C=O) groups excluding carboxylic acids is 1. The summed E-state index contributed by atoms with van der Waals surface area (Å²) in [6.45, 7) is 7.76. The lowest BCUT2D eigenvalue weighted by atomic mass is 10.1. The van der Waals surface area contributed by atoms with E-state index in [1.807, 2.05) is 45.0 Å². The Bertz CT molecular complexity index is 1020. The van der Waals surface area contributed by atoms with Gasteiger partial charge in [-0.3, -0.25) is 4.79 Å². The highest BCUT2D eigenvalue weighted by Gasteiger charge is 2.20. The molecular weight excluding hydrogens is 410 g/mol. The Labute approximate surface area is 187 Å². The zero-order valence-corrected chi connectivity index (χ0v) is 18.7. The predicted octanol–water partition coefficient (Wildman–Crippen LogP) is 5.36. The number of nitrogens with one attached hydrogen (secondary N) is 1. The maximum atomic E-state index is 12.9. The molecule has 2 aromatic carbocycles. The van der Waals surface area contributed by atoms with Crippen molar-refractivity contribution in [3.63, 3.8) is 0 Å². The molecule has 0 saturated carbocycles. The normalized spacial score (nSPS) is 10.6. The standard InChI is InChI=1S/C24H29N3O5/c1-4-13-29-19-10-8-7-9-18(19)24(28)25-23-22(26-32-27-23)17-11-12-20(30-14-5-2)21(16-17)31-15-6-3/h7-12,16H,4-6,13-15H2,1-3H3,(H,25,27,28). The van der Waals surface area contributed by atoms with Crippen LogP contribution in [0, 0.1) is 0 Å². The maximum Gasteiger partial charge on any atom is 0.260 e. The Balaban J connectivity index is 1.84. The monoisotopic (exact) mass is 439 g/mol. The fraction of sp³-hybridized carbons (Fsp3) is 0.375. The van der Waals surface area contributed by atoms with E-state index in [1.165, 1.54) is 0 Å². The van der Waals surface area contributed by atoms with Crippen molar-refractivity contribution in [1.82, 2.24) is 10.3 Å². The molecule has 8 heteroatoms. The number of hydrogen-bond donors (Lipinski definition) is 1. The first-order valence-electron chi connectivity index (χ1n) is 10.9. The summed E-state index contributed by atoms with van der Waals surface area (Å²) in [5, 5.41) is 10.6. The lowest BCUT2D eigenvalue weighted by molar-refractivity contribution is 0.102. The number of amides is 1. The Morgan fingerprint density at radius 3 is 2.22 bits per heavy atom. The highest BCUT2D eigenvalue weighted by Crippen LogP contribution is 2.35. The Morgan fingerprint density at radius 1 is 0.844 bits per heavy atom. The quantitative estimate of drug-likeness (QED) is 0.406. The predicted molar refractivity (Wildman–Crippen MR) is 121 cm³/mol. The van der Waals surface area contributed by atoms with Crippen LogP contribution < -0.4 is 19.5 Å². The van der Waals surface area contributed by atoms with Gasteiger partial charge in [-0.2, -0.15) is 0 Å². The highest BCUT2D eigenvalue weighted by atomic mass is 16.6. The van der Waals surface area contributed by atoms with Crippen LogP contribution in [-0.2, 0) is 0 Å². The SMILES string of the molecule is CCCOc1ccc(-c2nonc2NC(=O)c2ccccc2OCCC)cc1OCCC. The number of benzene rings is 2. The van der Waals surface area contributed by atoms with Crippen LogP contribution in [0.4, 0.5) is 5.82 Å². The van der Waals surface area contributed by atoms with Crippen LogP contribution in [0.25, 0.3) is 11.3 Å². The van der Waals surface area contributed by atoms with E-state index in [-0.39, 0.29) is 11.7 Å². The molecule has 1 N–H and O–H groups in total. The number of nitrogens with zero attached hydrogens (tertiary/aromatic N) is 2. The molecule has 8 nitrogen and oxygen atoms in total. The van der Waals surface area contributed by atoms with Gasteiger partial charge in [0, 0.05) is 5.56 Å². The second kappa shape index (κ2) is 11.7. The van der Waals surface area contributed by atoms with E-state index in [4.69, 9.17) is 18.8 Å². The summed E-state index contributed by atoms with van der Waals surface area (Å²) < 4.78 is 22.3. The molecular formula is C24H29N3O5. The number of aromatic nitrogens is 2. The molecule has 0 atom stereocenters. The van der Waals surface area contributed by atoms with E-state index in [0.29, 0.717) is 53.9 Å². The minimum absolute atomic E-state index is 0.212. The molecule has 170 valence electrons. The summed E-state index contributed by atoms with van der Waals surface area (Å²) in [5.41, 5.74) is 1.49. The first-order valence-corrected chi connectivity index (χ1v) is 10.9. The van der Waals surface area contributed by atoms with Gasteiger partial charge in [0.2, 0.25) is 5.82 Å². The van der Waals surface area contributed by atoms with Gasteiger partial charge in [-0.05, 0) is 59.9 Å². The van der Waals surface area contributed by atoms with Crippen LogP contribution >= 0.6 is 0 Å². The maximum absolute atomic E-state index is 12.9. The molecule has 0 unspecified atom stereocenters. The largest absolute Gasteiger partial charge is 0.493 e. The molecule has 0 fully saturated rings. The molecule has 1 aromatic heterocycles. The summed E-state index contributed by atoms with van der Waals surface area (Å²) >= 11 is 0. The third-order valence-electron chi connectivity index (χ3n) is 4.45. The Morgan fingerprint density at radius 2 is 1.50 bits per heavy atom. The second-order valence-electron chi connectivity index (χ2n) is 7.12. The number of para-hydroxylation sites is 1. The van der Waals surface area contributed by atoms with Crippen LogP contribution in [0.3, 0.4) is 0 Å². The summed E-state index contributed by atoms with van der Waals surface area (Å²) in [6, 6.07) is 12.5. The summed E-state index contributed by atoms with van der Waals surface area (Å²) in [7, 11) is 0. The molecule has 0 spiro atoms. The van der Waals surface area contributed by atoms with Gasteiger partial charge in [0.15, 0.2) is 17.2 Å². The zero-order valence-electron chi connectivity index (χ0n) is 18.7. The molecule has 0 saturated heterocycles. The van der Waals surface area contributed by atoms with E-state index >= 15 is 0 Å². The number of hydrogen-bond acceptors (Lipinski definition) is 7. The number of ether oxygens (including phenoxy) is 3. The first kappa shape index (κ1) is 23.1. The summed E-state index contributed by atoms with van der Waals surface area (Å²) in [6.07, 6.45) is 2.60. The van der Waals surface area contributed by atoms with Crippen molar-refractivity contribution >= 4 is 11.7 Å². The van der Waals surface area contributed by atoms with Crippen molar-refractivity contribution in [2.75, 3.05) is 25.1 Å². The molecule has 0 aliphatic rings. The molecule has 0 aliphatic carbocycles. The number of rotatable bonds is 12. The second-order valence-corrected chi connectivity index (χ2v) is 7.12. The lowest BCUT2D eigenvalue weighted by Gasteiger charge is -2.13. The molecule has 0 bridgehead atoms. The minimum Gasteiger partial charge on any atom is -0.493 e. The van der Waals surface area contributed by atoms with E-state index in [2.05, 4.69) is 15.6 Å². The van der Waals surface area contributed by atoms with E-state index in [9.17, 15) is 4.79 Å². The zero-order chi connectivity index (χ0) is 22.8. The van der Waals surface area contributed by atoms with Crippen LogP contribution in [0.15, 0.2) is 47.1 Å². The van der Waals surface area contributed by atoms with E-state index in [1.54, 1.807) is 18.2 Å². The van der Waals surface area contributed by atoms with Gasteiger partial charge in [-0.25, -0.2) is 4.63 Å². The van der Waals surface area contributed by atoms with Gasteiger partial charge in [0.05, 0.1) is 25.4 Å². The minimum atomic E-state index is -0.362. The first-order chi connectivity index (χ1) is 15.7. The fourth-order valence-corrected chi connectivity index (χ4v) is 2.94. The van der Waals surface area contributed by atoms with Crippen molar-refractivity contribution in [3.8, 4) is 28.5 Å². The third-order valence-corrected chi connectivity index (χ3v) is 4.45. The van der Waals surface area contributed by atoms with Crippen LogP contribution in [0.1, 0.15) is 50.4 Å². The molecule has 3 aromatic rings.